The minimum absolute atomic E-state index is 0.368. The Morgan fingerprint density at radius 2 is 1.37 bits per heavy atom. The van der Waals surface area contributed by atoms with Crippen LogP contribution in [0, 0.1) is 0 Å². The molecule has 7 heteroatoms. The molecule has 1 atom stereocenters. The second-order valence-corrected chi connectivity index (χ2v) is 10.4. The summed E-state index contributed by atoms with van der Waals surface area (Å²) >= 11 is 6.48. The number of carbonyl (C=O) groups excluding carboxylic acids is 2. The normalized spacial score (nSPS) is 11.5. The van der Waals surface area contributed by atoms with Crippen molar-refractivity contribution >= 4 is 23.5 Å². The first kappa shape index (κ1) is 32.0. The maximum atomic E-state index is 12.7. The molecule has 3 aromatic rings. The lowest BCUT2D eigenvalue weighted by Crippen LogP contribution is -2.26. The standard InChI is InChI=1S/C34H41ClO6/c1-4-6-8-9-10-11-23-38-32-21-16-28(24-31(32)35)26-12-14-27(15-13-26)34(37)41-30-19-17-29(18-20-30)40-25(3)33(36)39-22-7-5-2/h12-21,24-25H,4-11,22-23H2,1-3H3. The second-order valence-electron chi connectivity index (χ2n) is 9.98. The Labute approximate surface area is 248 Å². The fraction of sp³-hybridized carbons (Fsp3) is 0.412. The summed E-state index contributed by atoms with van der Waals surface area (Å²) in [4.78, 5) is 24.7. The zero-order valence-corrected chi connectivity index (χ0v) is 25.1. The number of halogens is 1. The molecule has 0 N–H and O–H groups in total. The molecule has 0 spiro atoms. The highest BCUT2D eigenvalue weighted by molar-refractivity contribution is 6.32. The molecular formula is C34H41ClO6. The molecule has 6 nitrogen and oxygen atoms in total. The molecule has 0 fully saturated rings. The molecule has 0 amide bonds. The average molecular weight is 581 g/mol. The van der Waals surface area contributed by atoms with E-state index in [1.807, 2.05) is 37.3 Å². The Bertz CT molecular complexity index is 1220. The van der Waals surface area contributed by atoms with Crippen molar-refractivity contribution in [3.63, 3.8) is 0 Å². The third-order valence-corrected chi connectivity index (χ3v) is 6.86. The van der Waals surface area contributed by atoms with Crippen LogP contribution in [0.15, 0.2) is 66.7 Å². The van der Waals surface area contributed by atoms with E-state index in [-0.39, 0.29) is 0 Å². The van der Waals surface area contributed by atoms with E-state index in [1.54, 1.807) is 43.3 Å². The molecule has 0 saturated heterocycles. The monoisotopic (exact) mass is 580 g/mol. The van der Waals surface area contributed by atoms with E-state index in [9.17, 15) is 9.59 Å². The van der Waals surface area contributed by atoms with Gasteiger partial charge in [-0.25, -0.2) is 9.59 Å². The smallest absolute Gasteiger partial charge is 0.347 e. The summed E-state index contributed by atoms with van der Waals surface area (Å²) < 4.78 is 22.2. The van der Waals surface area contributed by atoms with Gasteiger partial charge in [0, 0.05) is 0 Å². The van der Waals surface area contributed by atoms with Gasteiger partial charge in [0.05, 0.1) is 23.8 Å². The van der Waals surface area contributed by atoms with Crippen molar-refractivity contribution in [1.82, 2.24) is 0 Å². The van der Waals surface area contributed by atoms with Crippen LogP contribution in [0.2, 0.25) is 5.02 Å². The SMILES string of the molecule is CCCCCCCCOc1ccc(-c2ccc(C(=O)Oc3ccc(OC(C)C(=O)OCCCC)cc3)cc2)cc1Cl. The molecule has 0 bridgehead atoms. The van der Waals surface area contributed by atoms with Crippen LogP contribution in [0.25, 0.3) is 11.1 Å². The summed E-state index contributed by atoms with van der Waals surface area (Å²) in [5.74, 6) is 0.642. The predicted molar refractivity (Wildman–Crippen MR) is 163 cm³/mol. The fourth-order valence-electron chi connectivity index (χ4n) is 4.10. The molecule has 1 unspecified atom stereocenters. The quantitative estimate of drug-likeness (QED) is 0.0900. The maximum Gasteiger partial charge on any atom is 0.347 e. The van der Waals surface area contributed by atoms with E-state index < -0.39 is 18.0 Å². The van der Waals surface area contributed by atoms with Crippen molar-refractivity contribution in [3.8, 4) is 28.4 Å². The summed E-state index contributed by atoms with van der Waals surface area (Å²) in [6, 6.07) is 19.4. The average Bonchev–Trinajstić information content (AvgIpc) is 2.98. The molecule has 0 heterocycles. The number of unbranched alkanes of at least 4 members (excludes halogenated alkanes) is 6. The van der Waals surface area contributed by atoms with Crippen LogP contribution in [-0.4, -0.2) is 31.3 Å². The van der Waals surface area contributed by atoms with Gasteiger partial charge in [0.1, 0.15) is 17.2 Å². The highest BCUT2D eigenvalue weighted by atomic mass is 35.5. The minimum Gasteiger partial charge on any atom is -0.492 e. The number of carbonyl (C=O) groups is 2. The molecule has 0 aliphatic rings. The summed E-state index contributed by atoms with van der Waals surface area (Å²) in [7, 11) is 0. The predicted octanol–water partition coefficient (Wildman–Crippen LogP) is 9.08. The van der Waals surface area contributed by atoms with Crippen molar-refractivity contribution in [2.45, 2.75) is 78.2 Å². The lowest BCUT2D eigenvalue weighted by atomic mass is 10.0. The topological polar surface area (TPSA) is 71.1 Å². The maximum absolute atomic E-state index is 12.7. The van der Waals surface area contributed by atoms with Crippen molar-refractivity contribution in [2.24, 2.45) is 0 Å². The Balaban J connectivity index is 1.49. The molecule has 0 aromatic heterocycles. The van der Waals surface area contributed by atoms with E-state index in [0.29, 0.717) is 41.0 Å². The van der Waals surface area contributed by atoms with E-state index in [4.69, 9.17) is 30.5 Å². The molecule has 0 saturated carbocycles. The first-order valence-corrected chi connectivity index (χ1v) is 15.0. The molecule has 220 valence electrons. The van der Waals surface area contributed by atoms with E-state index in [2.05, 4.69) is 6.92 Å². The Kier molecular flexibility index (Phi) is 13.5. The second kappa shape index (κ2) is 17.3. The summed E-state index contributed by atoms with van der Waals surface area (Å²) in [6.07, 6.45) is 8.28. The Hall–Kier alpha value is -3.51. The molecule has 0 aliphatic heterocycles. The third kappa shape index (κ3) is 10.8. The van der Waals surface area contributed by atoms with Gasteiger partial charge < -0.3 is 18.9 Å². The van der Waals surface area contributed by atoms with Gasteiger partial charge in [-0.3, -0.25) is 0 Å². The highest BCUT2D eigenvalue weighted by Crippen LogP contribution is 2.31. The van der Waals surface area contributed by atoms with E-state index in [0.717, 1.165) is 30.4 Å². The summed E-state index contributed by atoms with van der Waals surface area (Å²) in [5.41, 5.74) is 2.28. The van der Waals surface area contributed by atoms with Crippen molar-refractivity contribution in [2.75, 3.05) is 13.2 Å². The van der Waals surface area contributed by atoms with Crippen LogP contribution < -0.4 is 14.2 Å². The molecule has 3 aromatic carbocycles. The molecule has 0 aliphatic carbocycles. The van der Waals surface area contributed by atoms with Gasteiger partial charge in [0.25, 0.3) is 0 Å². The van der Waals surface area contributed by atoms with Crippen LogP contribution >= 0.6 is 11.6 Å². The molecule has 3 rings (SSSR count). The van der Waals surface area contributed by atoms with Gasteiger partial charge in [-0.1, -0.05) is 82.2 Å². The minimum atomic E-state index is -0.734. The van der Waals surface area contributed by atoms with Crippen LogP contribution in [0.5, 0.6) is 17.2 Å². The zero-order valence-electron chi connectivity index (χ0n) is 24.3. The van der Waals surface area contributed by atoms with Crippen LogP contribution in [0.3, 0.4) is 0 Å². The Morgan fingerprint density at radius 3 is 2.05 bits per heavy atom. The number of benzene rings is 3. The zero-order chi connectivity index (χ0) is 29.5. The van der Waals surface area contributed by atoms with Gasteiger partial charge in [-0.15, -0.1) is 0 Å². The molecule has 41 heavy (non-hydrogen) atoms. The van der Waals surface area contributed by atoms with Crippen LogP contribution in [0.1, 0.15) is 82.5 Å². The van der Waals surface area contributed by atoms with E-state index >= 15 is 0 Å². The highest BCUT2D eigenvalue weighted by Gasteiger charge is 2.16. The molecular weight excluding hydrogens is 540 g/mol. The number of hydrogen-bond donors (Lipinski definition) is 0. The number of ether oxygens (including phenoxy) is 4. The summed E-state index contributed by atoms with van der Waals surface area (Å²) in [6.45, 7) is 6.92. The lowest BCUT2D eigenvalue weighted by molar-refractivity contribution is -0.151. The van der Waals surface area contributed by atoms with Gasteiger partial charge in [0.15, 0.2) is 6.10 Å². The summed E-state index contributed by atoms with van der Waals surface area (Å²) in [5, 5.41) is 0.562. The largest absolute Gasteiger partial charge is 0.492 e. The first-order valence-electron chi connectivity index (χ1n) is 14.6. The number of rotatable bonds is 17. The first-order chi connectivity index (χ1) is 19.9. The van der Waals surface area contributed by atoms with Gasteiger partial charge in [-0.05, 0) is 79.4 Å². The molecule has 0 radical (unpaired) electrons. The van der Waals surface area contributed by atoms with Crippen molar-refractivity contribution < 1.29 is 28.5 Å². The van der Waals surface area contributed by atoms with Gasteiger partial charge in [-0.2, -0.15) is 0 Å². The lowest BCUT2D eigenvalue weighted by Gasteiger charge is -2.14. The number of esters is 2. The van der Waals surface area contributed by atoms with Gasteiger partial charge >= 0.3 is 11.9 Å². The van der Waals surface area contributed by atoms with Crippen molar-refractivity contribution in [3.05, 3.63) is 77.3 Å². The fourth-order valence-corrected chi connectivity index (χ4v) is 4.33. The Morgan fingerprint density at radius 1 is 0.732 bits per heavy atom. The van der Waals surface area contributed by atoms with Crippen molar-refractivity contribution in [1.29, 1.82) is 0 Å². The van der Waals surface area contributed by atoms with Gasteiger partial charge in [0.2, 0.25) is 0 Å². The number of hydrogen-bond acceptors (Lipinski definition) is 6. The van der Waals surface area contributed by atoms with Crippen LogP contribution in [0.4, 0.5) is 0 Å². The third-order valence-electron chi connectivity index (χ3n) is 6.56. The van der Waals surface area contributed by atoms with Crippen LogP contribution in [-0.2, 0) is 9.53 Å². The van der Waals surface area contributed by atoms with E-state index in [1.165, 1.54) is 32.1 Å².